The first-order chi connectivity index (χ1) is 9.61. The predicted molar refractivity (Wildman–Crippen MR) is 81.4 cm³/mol. The summed E-state index contributed by atoms with van der Waals surface area (Å²) in [6, 6.07) is 5.74. The molecule has 0 unspecified atom stereocenters. The molecule has 1 fully saturated rings. The van der Waals surface area contributed by atoms with Crippen molar-refractivity contribution < 1.29 is 4.79 Å². The third-order valence-corrected chi connectivity index (χ3v) is 3.88. The van der Waals surface area contributed by atoms with E-state index in [-0.39, 0.29) is 5.91 Å². The van der Waals surface area contributed by atoms with E-state index in [9.17, 15) is 4.79 Å². The minimum absolute atomic E-state index is 0.118. The summed E-state index contributed by atoms with van der Waals surface area (Å²) in [4.78, 5) is 14.4. The molecule has 1 aromatic rings. The first kappa shape index (κ1) is 14.6. The highest BCUT2D eigenvalue weighted by atomic mass is 16.2. The van der Waals surface area contributed by atoms with Gasteiger partial charge in [0.05, 0.1) is 6.54 Å². The van der Waals surface area contributed by atoms with Gasteiger partial charge in [-0.1, -0.05) is 24.8 Å². The number of nitrogens with zero attached hydrogens (tertiary/aromatic N) is 1. The maximum atomic E-state index is 12.5. The van der Waals surface area contributed by atoms with E-state index >= 15 is 0 Å². The Morgan fingerprint density at radius 2 is 2.10 bits per heavy atom. The molecule has 2 rings (SSSR count). The molecule has 1 aliphatic heterocycles. The molecule has 0 radical (unpaired) electrons. The van der Waals surface area contributed by atoms with Crippen molar-refractivity contribution in [3.05, 3.63) is 34.9 Å². The lowest BCUT2D eigenvalue weighted by molar-refractivity contribution is 0.0697. The monoisotopic (exact) mass is 270 g/mol. The van der Waals surface area contributed by atoms with E-state index in [1.807, 2.05) is 30.0 Å². The zero-order valence-electron chi connectivity index (χ0n) is 12.3. The van der Waals surface area contributed by atoms with Gasteiger partial charge in [0.25, 0.3) is 5.91 Å². The highest BCUT2D eigenvalue weighted by molar-refractivity contribution is 5.94. The van der Waals surface area contributed by atoms with E-state index in [2.05, 4.69) is 18.8 Å². The predicted octanol–water partition coefficient (Wildman–Crippen LogP) is 2.18. The van der Waals surface area contributed by atoms with Crippen LogP contribution in [0.2, 0.25) is 0 Å². The third kappa shape index (κ3) is 3.40. The standard InChI is InChI=1S/C17H22N2O/c1-13-7-10-19(11-8-13)17(20)16-6-5-14(2)15(12-16)4-3-9-18/h5-6,12-13H,7-11,18H2,1-2H3. The molecular weight excluding hydrogens is 248 g/mol. The Labute approximate surface area is 121 Å². The van der Waals surface area contributed by atoms with Gasteiger partial charge in [-0.2, -0.15) is 0 Å². The van der Waals surface area contributed by atoms with Crippen LogP contribution < -0.4 is 5.73 Å². The quantitative estimate of drug-likeness (QED) is 0.795. The lowest BCUT2D eigenvalue weighted by Crippen LogP contribution is -2.37. The Hall–Kier alpha value is -1.79. The topological polar surface area (TPSA) is 46.3 Å². The molecule has 0 spiro atoms. The molecule has 3 nitrogen and oxygen atoms in total. The molecule has 1 aliphatic rings. The smallest absolute Gasteiger partial charge is 0.253 e. The van der Waals surface area contributed by atoms with Crippen molar-refractivity contribution in [3.8, 4) is 11.8 Å². The number of benzene rings is 1. The third-order valence-electron chi connectivity index (χ3n) is 3.88. The maximum Gasteiger partial charge on any atom is 0.253 e. The second-order valence-electron chi connectivity index (χ2n) is 5.51. The molecule has 1 amide bonds. The summed E-state index contributed by atoms with van der Waals surface area (Å²) in [5.41, 5.74) is 8.11. The normalized spacial score (nSPS) is 15.7. The van der Waals surface area contributed by atoms with Gasteiger partial charge in [0.15, 0.2) is 0 Å². The number of carbonyl (C=O) groups is 1. The number of likely N-dealkylation sites (tertiary alicyclic amines) is 1. The van der Waals surface area contributed by atoms with Crippen LogP contribution in [0.15, 0.2) is 18.2 Å². The van der Waals surface area contributed by atoms with E-state index in [1.165, 1.54) is 0 Å². The number of carbonyl (C=O) groups excluding carboxylic acids is 1. The van der Waals surface area contributed by atoms with Crippen LogP contribution in [0.25, 0.3) is 0 Å². The molecule has 20 heavy (non-hydrogen) atoms. The SMILES string of the molecule is Cc1ccc(C(=O)N2CCC(C)CC2)cc1C#CCN. The molecular formula is C17H22N2O. The zero-order valence-corrected chi connectivity index (χ0v) is 12.3. The summed E-state index contributed by atoms with van der Waals surface area (Å²) < 4.78 is 0. The van der Waals surface area contributed by atoms with Crippen molar-refractivity contribution in [2.45, 2.75) is 26.7 Å². The number of amides is 1. The molecule has 1 aromatic carbocycles. The summed E-state index contributed by atoms with van der Waals surface area (Å²) in [5.74, 6) is 6.73. The van der Waals surface area contributed by atoms with E-state index in [0.29, 0.717) is 6.54 Å². The van der Waals surface area contributed by atoms with Crippen LogP contribution in [-0.2, 0) is 0 Å². The first-order valence-corrected chi connectivity index (χ1v) is 7.20. The van der Waals surface area contributed by atoms with Crippen LogP contribution >= 0.6 is 0 Å². The van der Waals surface area contributed by atoms with Crippen LogP contribution in [0, 0.1) is 24.7 Å². The van der Waals surface area contributed by atoms with Crippen LogP contribution in [0.4, 0.5) is 0 Å². The van der Waals surface area contributed by atoms with Crippen molar-refractivity contribution in [1.29, 1.82) is 0 Å². The minimum Gasteiger partial charge on any atom is -0.339 e. The van der Waals surface area contributed by atoms with Gasteiger partial charge in [-0.15, -0.1) is 0 Å². The number of hydrogen-bond acceptors (Lipinski definition) is 2. The van der Waals surface area contributed by atoms with Gasteiger partial charge < -0.3 is 10.6 Å². The zero-order chi connectivity index (χ0) is 14.5. The van der Waals surface area contributed by atoms with Crippen LogP contribution in [0.1, 0.15) is 41.3 Å². The fourth-order valence-electron chi connectivity index (χ4n) is 2.43. The molecule has 2 N–H and O–H groups in total. The Morgan fingerprint density at radius 3 is 2.75 bits per heavy atom. The highest BCUT2D eigenvalue weighted by Crippen LogP contribution is 2.19. The van der Waals surface area contributed by atoms with E-state index in [1.54, 1.807) is 0 Å². The summed E-state index contributed by atoms with van der Waals surface area (Å²) in [5, 5.41) is 0. The fraction of sp³-hybridized carbons (Fsp3) is 0.471. The van der Waals surface area contributed by atoms with E-state index in [4.69, 9.17) is 5.73 Å². The van der Waals surface area contributed by atoms with Crippen LogP contribution in [-0.4, -0.2) is 30.4 Å². The number of nitrogens with two attached hydrogens (primary N) is 1. The molecule has 0 bridgehead atoms. The molecule has 0 aliphatic carbocycles. The molecule has 0 saturated carbocycles. The van der Waals surface area contributed by atoms with Gasteiger partial charge in [-0.05, 0) is 43.4 Å². The maximum absolute atomic E-state index is 12.5. The Balaban J connectivity index is 2.18. The number of hydrogen-bond donors (Lipinski definition) is 1. The van der Waals surface area contributed by atoms with Gasteiger partial charge >= 0.3 is 0 Å². The summed E-state index contributed by atoms with van der Waals surface area (Å²) in [6.45, 7) is 6.29. The second kappa shape index (κ2) is 6.58. The molecule has 106 valence electrons. The van der Waals surface area contributed by atoms with Gasteiger partial charge in [0, 0.05) is 24.2 Å². The Bertz CT molecular complexity index is 546. The Kier molecular flexibility index (Phi) is 4.81. The van der Waals surface area contributed by atoms with Crippen molar-refractivity contribution in [2.24, 2.45) is 11.7 Å². The number of aryl methyl sites for hydroxylation is 1. The molecule has 0 aromatic heterocycles. The van der Waals surface area contributed by atoms with Gasteiger partial charge in [-0.3, -0.25) is 4.79 Å². The summed E-state index contributed by atoms with van der Waals surface area (Å²) >= 11 is 0. The average Bonchev–Trinajstić information content (AvgIpc) is 2.46. The van der Waals surface area contributed by atoms with Crippen LogP contribution in [0.3, 0.4) is 0 Å². The molecule has 0 atom stereocenters. The molecule has 1 saturated heterocycles. The van der Waals surface area contributed by atoms with E-state index in [0.717, 1.165) is 48.5 Å². The summed E-state index contributed by atoms with van der Waals surface area (Å²) in [6.07, 6.45) is 2.19. The fourth-order valence-corrected chi connectivity index (χ4v) is 2.43. The van der Waals surface area contributed by atoms with Gasteiger partial charge in [0.1, 0.15) is 0 Å². The Morgan fingerprint density at radius 1 is 1.40 bits per heavy atom. The number of rotatable bonds is 1. The van der Waals surface area contributed by atoms with Crippen molar-refractivity contribution >= 4 is 5.91 Å². The second-order valence-corrected chi connectivity index (χ2v) is 5.51. The minimum atomic E-state index is 0.118. The summed E-state index contributed by atoms with van der Waals surface area (Å²) in [7, 11) is 0. The largest absolute Gasteiger partial charge is 0.339 e. The first-order valence-electron chi connectivity index (χ1n) is 7.20. The van der Waals surface area contributed by atoms with Gasteiger partial charge in [0.2, 0.25) is 0 Å². The van der Waals surface area contributed by atoms with Gasteiger partial charge in [-0.25, -0.2) is 0 Å². The van der Waals surface area contributed by atoms with Crippen molar-refractivity contribution in [3.63, 3.8) is 0 Å². The molecule has 3 heteroatoms. The number of piperidine rings is 1. The van der Waals surface area contributed by atoms with Crippen molar-refractivity contribution in [2.75, 3.05) is 19.6 Å². The lowest BCUT2D eigenvalue weighted by atomic mass is 9.98. The average molecular weight is 270 g/mol. The van der Waals surface area contributed by atoms with Crippen LogP contribution in [0.5, 0.6) is 0 Å². The highest BCUT2D eigenvalue weighted by Gasteiger charge is 2.21. The molecule has 1 heterocycles. The van der Waals surface area contributed by atoms with Crippen molar-refractivity contribution in [1.82, 2.24) is 4.90 Å². The van der Waals surface area contributed by atoms with E-state index < -0.39 is 0 Å². The lowest BCUT2D eigenvalue weighted by Gasteiger charge is -2.30.